The molecular formula is C25H24N8O. The molecule has 9 nitrogen and oxygen atoms in total. The van der Waals surface area contributed by atoms with Crippen LogP contribution in [-0.2, 0) is 25.8 Å². The Morgan fingerprint density at radius 1 is 1.00 bits per heavy atom. The quantitative estimate of drug-likeness (QED) is 0.437. The number of fused-ring (bicyclic) bond motifs is 2. The molecule has 0 bridgehead atoms. The SMILES string of the molecule is O=C(Nc1cccc(-c2cnc(NC3Cc4ccccc4C3)nc2)c1)N1CCc2[nH]nnc2C1. The van der Waals surface area contributed by atoms with E-state index < -0.39 is 0 Å². The molecule has 3 N–H and O–H groups in total. The van der Waals surface area contributed by atoms with Gasteiger partial charge in [-0.3, -0.25) is 5.10 Å². The predicted molar refractivity (Wildman–Crippen MR) is 128 cm³/mol. The first-order valence-corrected chi connectivity index (χ1v) is 11.4. The Morgan fingerprint density at radius 3 is 2.59 bits per heavy atom. The normalized spacial score (nSPS) is 15.0. The molecule has 2 aromatic heterocycles. The van der Waals surface area contributed by atoms with Gasteiger partial charge in [-0.1, -0.05) is 41.6 Å². The summed E-state index contributed by atoms with van der Waals surface area (Å²) in [7, 11) is 0. The number of aromatic amines is 1. The Labute approximate surface area is 196 Å². The van der Waals surface area contributed by atoms with Gasteiger partial charge in [-0.2, -0.15) is 0 Å². The fourth-order valence-electron chi connectivity index (χ4n) is 4.65. The second-order valence-electron chi connectivity index (χ2n) is 8.73. The highest BCUT2D eigenvalue weighted by Crippen LogP contribution is 2.25. The number of aromatic nitrogens is 5. The second-order valence-corrected chi connectivity index (χ2v) is 8.73. The monoisotopic (exact) mass is 452 g/mol. The van der Waals surface area contributed by atoms with Crippen molar-refractivity contribution in [1.29, 1.82) is 0 Å². The zero-order valence-corrected chi connectivity index (χ0v) is 18.5. The number of carbonyl (C=O) groups is 1. The fraction of sp³-hybridized carbons (Fsp3) is 0.240. The zero-order chi connectivity index (χ0) is 22.9. The molecule has 34 heavy (non-hydrogen) atoms. The summed E-state index contributed by atoms with van der Waals surface area (Å²) in [5.41, 5.74) is 7.16. The van der Waals surface area contributed by atoms with E-state index in [1.54, 1.807) is 4.90 Å². The molecule has 1 aliphatic heterocycles. The maximum atomic E-state index is 12.8. The van der Waals surface area contributed by atoms with Crippen molar-refractivity contribution in [3.63, 3.8) is 0 Å². The first kappa shape index (κ1) is 20.3. The van der Waals surface area contributed by atoms with E-state index in [2.05, 4.69) is 60.3 Å². The van der Waals surface area contributed by atoms with E-state index >= 15 is 0 Å². The summed E-state index contributed by atoms with van der Waals surface area (Å²) < 4.78 is 0. The number of amides is 2. The smallest absolute Gasteiger partial charge is 0.322 e. The number of rotatable bonds is 4. The predicted octanol–water partition coefficient (Wildman–Crippen LogP) is 3.43. The Bertz CT molecular complexity index is 1310. The van der Waals surface area contributed by atoms with Crippen LogP contribution in [0, 0.1) is 0 Å². The summed E-state index contributed by atoms with van der Waals surface area (Å²) in [4.78, 5) is 23.6. The largest absolute Gasteiger partial charge is 0.351 e. The first-order chi connectivity index (χ1) is 16.7. The highest BCUT2D eigenvalue weighted by Gasteiger charge is 2.23. The van der Waals surface area contributed by atoms with Crippen molar-refractivity contribution in [3.05, 3.63) is 83.4 Å². The number of hydrogen-bond donors (Lipinski definition) is 3. The van der Waals surface area contributed by atoms with Crippen molar-refractivity contribution >= 4 is 17.7 Å². The molecule has 0 saturated carbocycles. The van der Waals surface area contributed by atoms with Crippen molar-refractivity contribution in [1.82, 2.24) is 30.3 Å². The number of anilines is 2. The highest BCUT2D eigenvalue weighted by atomic mass is 16.2. The average Bonchev–Trinajstić information content (AvgIpc) is 3.50. The third-order valence-electron chi connectivity index (χ3n) is 6.45. The van der Waals surface area contributed by atoms with Gasteiger partial charge in [0, 0.05) is 42.7 Å². The van der Waals surface area contributed by atoms with Gasteiger partial charge in [0.1, 0.15) is 5.69 Å². The van der Waals surface area contributed by atoms with Gasteiger partial charge in [-0.25, -0.2) is 14.8 Å². The molecule has 1 aliphatic carbocycles. The van der Waals surface area contributed by atoms with Gasteiger partial charge < -0.3 is 15.5 Å². The molecule has 3 heterocycles. The van der Waals surface area contributed by atoms with Crippen molar-refractivity contribution < 1.29 is 4.79 Å². The van der Waals surface area contributed by atoms with E-state index in [4.69, 9.17) is 0 Å². The minimum absolute atomic E-state index is 0.154. The summed E-state index contributed by atoms with van der Waals surface area (Å²) in [6, 6.07) is 16.4. The van der Waals surface area contributed by atoms with Crippen LogP contribution in [0.15, 0.2) is 60.9 Å². The van der Waals surface area contributed by atoms with Crippen molar-refractivity contribution in [2.75, 3.05) is 17.2 Å². The molecule has 0 unspecified atom stereocenters. The molecule has 2 amide bonds. The van der Waals surface area contributed by atoms with Crippen LogP contribution in [0.25, 0.3) is 11.1 Å². The van der Waals surface area contributed by atoms with Gasteiger partial charge >= 0.3 is 6.03 Å². The van der Waals surface area contributed by atoms with Crippen molar-refractivity contribution in [3.8, 4) is 11.1 Å². The second kappa shape index (κ2) is 8.58. The third kappa shape index (κ3) is 4.07. The van der Waals surface area contributed by atoms with Gasteiger partial charge in [-0.05, 0) is 41.7 Å². The van der Waals surface area contributed by atoms with Gasteiger partial charge in [0.2, 0.25) is 5.95 Å². The number of carbonyl (C=O) groups excluding carboxylic acids is 1. The van der Waals surface area contributed by atoms with Crippen LogP contribution in [0.1, 0.15) is 22.5 Å². The zero-order valence-electron chi connectivity index (χ0n) is 18.5. The minimum atomic E-state index is -0.154. The molecule has 0 saturated heterocycles. The van der Waals surface area contributed by atoms with Gasteiger partial charge in [0.05, 0.1) is 12.2 Å². The first-order valence-electron chi connectivity index (χ1n) is 11.4. The molecule has 0 fully saturated rings. The molecule has 170 valence electrons. The summed E-state index contributed by atoms with van der Waals surface area (Å²) in [5.74, 6) is 0.628. The molecule has 4 aromatic rings. The highest BCUT2D eigenvalue weighted by molar-refractivity contribution is 5.90. The molecule has 0 atom stereocenters. The van der Waals surface area contributed by atoms with Gasteiger partial charge in [-0.15, -0.1) is 5.10 Å². The molecule has 9 heteroatoms. The van der Waals surface area contributed by atoms with Crippen LogP contribution in [-0.4, -0.2) is 48.9 Å². The van der Waals surface area contributed by atoms with E-state index in [-0.39, 0.29) is 6.03 Å². The van der Waals surface area contributed by atoms with E-state index in [9.17, 15) is 4.79 Å². The fourth-order valence-corrected chi connectivity index (χ4v) is 4.65. The lowest BCUT2D eigenvalue weighted by Gasteiger charge is -2.25. The Kier molecular flexibility index (Phi) is 5.14. The molecule has 6 rings (SSSR count). The number of urea groups is 1. The molecule has 0 radical (unpaired) electrons. The number of benzene rings is 2. The van der Waals surface area contributed by atoms with Crippen LogP contribution in [0.5, 0.6) is 0 Å². The lowest BCUT2D eigenvalue weighted by atomic mass is 10.1. The van der Waals surface area contributed by atoms with Crippen LogP contribution < -0.4 is 10.6 Å². The number of hydrogen-bond acceptors (Lipinski definition) is 6. The maximum absolute atomic E-state index is 12.8. The molecule has 2 aliphatic rings. The minimum Gasteiger partial charge on any atom is -0.351 e. The number of H-pyrrole nitrogens is 1. The van der Waals surface area contributed by atoms with Crippen molar-refractivity contribution in [2.24, 2.45) is 0 Å². The standard InChI is InChI=1S/C25H24N8O/c34-25(33-9-8-22-23(15-33)31-32-30-22)29-20-7-3-6-18(10-20)19-13-26-24(27-14-19)28-21-11-16-4-1-2-5-17(16)12-21/h1-7,10,13-14,21H,8-9,11-12,15H2,(H,29,34)(H,26,27,28)(H,30,31,32). The van der Waals surface area contributed by atoms with Crippen LogP contribution in [0.3, 0.4) is 0 Å². The van der Waals surface area contributed by atoms with Crippen LogP contribution in [0.2, 0.25) is 0 Å². The Hall–Kier alpha value is -4.27. The van der Waals surface area contributed by atoms with E-state index in [1.165, 1.54) is 11.1 Å². The molecule has 0 spiro atoms. The lowest BCUT2D eigenvalue weighted by molar-refractivity contribution is 0.205. The molecule has 2 aromatic carbocycles. The summed E-state index contributed by atoms with van der Waals surface area (Å²) in [5, 5.41) is 17.2. The topological polar surface area (TPSA) is 112 Å². The van der Waals surface area contributed by atoms with Gasteiger partial charge in [0.15, 0.2) is 0 Å². The van der Waals surface area contributed by atoms with Gasteiger partial charge in [0.25, 0.3) is 0 Å². The molecular weight excluding hydrogens is 428 g/mol. The maximum Gasteiger partial charge on any atom is 0.322 e. The van der Waals surface area contributed by atoms with E-state index in [1.807, 2.05) is 36.7 Å². The summed E-state index contributed by atoms with van der Waals surface area (Å²) >= 11 is 0. The van der Waals surface area contributed by atoms with Crippen LogP contribution in [0.4, 0.5) is 16.4 Å². The lowest BCUT2D eigenvalue weighted by Crippen LogP contribution is -2.38. The summed E-state index contributed by atoms with van der Waals surface area (Å²) in [6.07, 6.45) is 6.32. The average molecular weight is 453 g/mol. The van der Waals surface area contributed by atoms with Crippen LogP contribution >= 0.6 is 0 Å². The Morgan fingerprint density at radius 2 is 1.79 bits per heavy atom. The number of nitrogens with zero attached hydrogens (tertiary/aromatic N) is 5. The van der Waals surface area contributed by atoms with Crippen molar-refractivity contribution in [2.45, 2.75) is 31.8 Å². The third-order valence-corrected chi connectivity index (χ3v) is 6.45. The Balaban J connectivity index is 1.10. The summed E-state index contributed by atoms with van der Waals surface area (Å²) in [6.45, 7) is 1.07. The number of nitrogens with one attached hydrogen (secondary N) is 3. The van der Waals surface area contributed by atoms with E-state index in [0.29, 0.717) is 25.1 Å². The van der Waals surface area contributed by atoms with E-state index in [0.717, 1.165) is 47.5 Å².